The fourth-order valence-corrected chi connectivity index (χ4v) is 11.3. The van der Waals surface area contributed by atoms with E-state index in [0.29, 0.717) is 30.3 Å². The van der Waals surface area contributed by atoms with Crippen LogP contribution < -0.4 is 0 Å². The first kappa shape index (κ1) is 21.7. The number of thiophene rings is 6. The molecule has 0 aliphatic carbocycles. The van der Waals surface area contributed by atoms with E-state index in [-0.39, 0.29) is 11.6 Å². The molecular formula is C26H8F4S6. The largest absolute Gasteiger partial charge is 0.205 e. The summed E-state index contributed by atoms with van der Waals surface area (Å²) in [6, 6.07) is 10.4. The second kappa shape index (κ2) is 7.59. The van der Waals surface area contributed by atoms with E-state index in [9.17, 15) is 8.78 Å². The molecule has 0 unspecified atom stereocenters. The van der Waals surface area contributed by atoms with Crippen LogP contribution in [0, 0.1) is 23.3 Å². The van der Waals surface area contributed by atoms with Crippen molar-refractivity contribution in [1.82, 2.24) is 0 Å². The lowest BCUT2D eigenvalue weighted by molar-refractivity contribution is 0.628. The van der Waals surface area contributed by atoms with Crippen molar-refractivity contribution >= 4 is 118 Å². The van der Waals surface area contributed by atoms with Gasteiger partial charge in [-0.2, -0.15) is 0 Å². The SMILES string of the molecule is Fc1ccsc1-c1sc2cc3c(cc2c1F)sc1c2cc4sc(-c5sccc5F)c(F)c4cc2sc31. The standard InChI is InChI=1S/C26H8F4S6/c27-13-1-3-31-23(13)25-19(29)9-5-17-11(7-15(9)35-25)21-22(33-17)12-8-16-10(6-18(12)34-21)20(30)26(36-16)24-14(28)2-4-32-24/h1-8H. The summed E-state index contributed by atoms with van der Waals surface area (Å²) in [5, 5.41) is 6.29. The van der Waals surface area contributed by atoms with Crippen molar-refractivity contribution in [2.75, 3.05) is 0 Å². The van der Waals surface area contributed by atoms with Gasteiger partial charge in [-0.05, 0) is 47.2 Å². The highest BCUT2D eigenvalue weighted by Crippen LogP contribution is 2.50. The number of rotatable bonds is 2. The monoisotopic (exact) mass is 588 g/mol. The van der Waals surface area contributed by atoms with Crippen LogP contribution in [0.1, 0.15) is 0 Å². The van der Waals surface area contributed by atoms with Crippen LogP contribution >= 0.6 is 68.0 Å². The molecule has 6 heterocycles. The molecule has 0 radical (unpaired) electrons. The summed E-state index contributed by atoms with van der Waals surface area (Å²) in [6.07, 6.45) is 0. The Kier molecular flexibility index (Phi) is 4.58. The Morgan fingerprint density at radius 1 is 0.444 bits per heavy atom. The third kappa shape index (κ3) is 2.88. The van der Waals surface area contributed by atoms with Crippen molar-refractivity contribution in [3.05, 3.63) is 70.4 Å². The van der Waals surface area contributed by atoms with Crippen LogP contribution in [0.3, 0.4) is 0 Å². The lowest BCUT2D eigenvalue weighted by Gasteiger charge is -1.94. The van der Waals surface area contributed by atoms with Crippen molar-refractivity contribution in [2.24, 2.45) is 0 Å². The smallest absolute Gasteiger partial charge is 0.150 e. The maximum absolute atomic E-state index is 15.3. The van der Waals surface area contributed by atoms with E-state index >= 15 is 8.78 Å². The molecule has 0 fully saturated rings. The Balaban J connectivity index is 1.36. The molecule has 2 aromatic carbocycles. The van der Waals surface area contributed by atoms with Gasteiger partial charge in [0, 0.05) is 40.3 Å². The van der Waals surface area contributed by atoms with Crippen molar-refractivity contribution in [2.45, 2.75) is 0 Å². The van der Waals surface area contributed by atoms with Crippen LogP contribution in [0.4, 0.5) is 17.6 Å². The van der Waals surface area contributed by atoms with Crippen molar-refractivity contribution in [3.63, 3.8) is 0 Å². The Hall–Kier alpha value is -2.34. The number of hydrogen-bond acceptors (Lipinski definition) is 6. The number of benzene rings is 2. The molecule has 0 spiro atoms. The quantitative estimate of drug-likeness (QED) is 0.176. The normalized spacial score (nSPS) is 12.4. The predicted molar refractivity (Wildman–Crippen MR) is 152 cm³/mol. The molecule has 0 aliphatic heterocycles. The highest BCUT2D eigenvalue weighted by molar-refractivity contribution is 7.37. The summed E-state index contributed by atoms with van der Waals surface area (Å²) in [4.78, 5) is 1.31. The van der Waals surface area contributed by atoms with Gasteiger partial charge in [-0.1, -0.05) is 0 Å². The number of halogens is 4. The fraction of sp³-hybridized carbons (Fsp3) is 0. The molecule has 0 saturated heterocycles. The lowest BCUT2D eigenvalue weighted by Crippen LogP contribution is -1.76. The molecule has 8 rings (SSSR count). The summed E-state index contributed by atoms with van der Waals surface area (Å²) in [6.45, 7) is 0. The maximum Gasteiger partial charge on any atom is 0.150 e. The minimum absolute atomic E-state index is 0.327. The second-order valence-corrected chi connectivity index (χ2v) is 14.3. The summed E-state index contributed by atoms with van der Waals surface area (Å²) < 4.78 is 64.5. The maximum atomic E-state index is 15.3. The Morgan fingerprint density at radius 2 is 0.833 bits per heavy atom. The molecule has 0 aliphatic rings. The predicted octanol–water partition coefficient (Wildman–Crippen LogP) is 11.7. The van der Waals surface area contributed by atoms with Gasteiger partial charge >= 0.3 is 0 Å². The van der Waals surface area contributed by atoms with E-state index in [4.69, 9.17) is 0 Å². The Labute approximate surface area is 223 Å². The van der Waals surface area contributed by atoms with E-state index in [1.165, 1.54) is 57.5 Å². The average Bonchev–Trinajstić information content (AvgIpc) is 3.69. The van der Waals surface area contributed by atoms with Gasteiger partial charge in [0.2, 0.25) is 0 Å². The molecule has 0 nitrogen and oxygen atoms in total. The summed E-state index contributed by atoms with van der Waals surface area (Å²) in [7, 11) is 0. The van der Waals surface area contributed by atoms with Crippen molar-refractivity contribution in [1.29, 1.82) is 0 Å². The molecule has 10 heteroatoms. The van der Waals surface area contributed by atoms with Gasteiger partial charge in [0.1, 0.15) is 11.6 Å². The molecule has 6 aromatic heterocycles. The molecule has 36 heavy (non-hydrogen) atoms. The summed E-state index contributed by atoms with van der Waals surface area (Å²) in [5.74, 6) is -1.58. The lowest BCUT2D eigenvalue weighted by atomic mass is 10.1. The van der Waals surface area contributed by atoms with Gasteiger partial charge in [0.25, 0.3) is 0 Å². The van der Waals surface area contributed by atoms with Gasteiger partial charge in [-0.25, -0.2) is 17.6 Å². The zero-order chi connectivity index (χ0) is 24.3. The highest BCUT2D eigenvalue weighted by atomic mass is 32.1. The second-order valence-electron chi connectivity index (χ2n) is 8.24. The summed E-state index contributed by atoms with van der Waals surface area (Å²) in [5.41, 5.74) is 0. The van der Waals surface area contributed by atoms with Gasteiger partial charge < -0.3 is 0 Å². The first-order chi connectivity index (χ1) is 17.5. The Morgan fingerprint density at radius 3 is 1.22 bits per heavy atom. The van der Waals surface area contributed by atoms with E-state index < -0.39 is 11.6 Å². The van der Waals surface area contributed by atoms with Crippen LogP contribution in [0.15, 0.2) is 47.2 Å². The van der Waals surface area contributed by atoms with Crippen molar-refractivity contribution < 1.29 is 17.6 Å². The first-order valence-electron chi connectivity index (χ1n) is 10.6. The van der Waals surface area contributed by atoms with Gasteiger partial charge in [-0.15, -0.1) is 68.0 Å². The average molecular weight is 589 g/mol. The zero-order valence-electron chi connectivity index (χ0n) is 17.6. The fourth-order valence-electron chi connectivity index (χ4n) is 4.58. The Bertz CT molecular complexity index is 2010. The molecule has 0 saturated carbocycles. The number of fused-ring (bicyclic) bond motifs is 7. The van der Waals surface area contributed by atoms with Crippen LogP contribution in [0.2, 0.25) is 0 Å². The third-order valence-corrected chi connectivity index (χ3v) is 13.1. The molecule has 0 amide bonds. The molecular weight excluding hydrogens is 581 g/mol. The molecule has 0 bridgehead atoms. The molecule has 0 atom stereocenters. The van der Waals surface area contributed by atoms with Crippen LogP contribution in [-0.2, 0) is 0 Å². The van der Waals surface area contributed by atoms with E-state index in [2.05, 4.69) is 0 Å². The van der Waals surface area contributed by atoms with Crippen LogP contribution in [-0.4, -0.2) is 0 Å². The van der Waals surface area contributed by atoms with Crippen LogP contribution in [0.5, 0.6) is 0 Å². The first-order valence-corrected chi connectivity index (χ1v) is 15.6. The van der Waals surface area contributed by atoms with Gasteiger partial charge in [0.05, 0.1) is 28.9 Å². The highest BCUT2D eigenvalue weighted by Gasteiger charge is 2.23. The summed E-state index contributed by atoms with van der Waals surface area (Å²) >= 11 is 8.08. The van der Waals surface area contributed by atoms with E-state index in [0.717, 1.165) is 39.0 Å². The van der Waals surface area contributed by atoms with Gasteiger partial charge in [-0.3, -0.25) is 0 Å². The van der Waals surface area contributed by atoms with E-state index in [1.807, 2.05) is 24.3 Å². The topological polar surface area (TPSA) is 0 Å². The minimum Gasteiger partial charge on any atom is -0.205 e. The minimum atomic E-state index is -0.406. The molecule has 0 N–H and O–H groups in total. The zero-order valence-corrected chi connectivity index (χ0v) is 22.5. The molecule has 176 valence electrons. The van der Waals surface area contributed by atoms with Crippen LogP contribution in [0.25, 0.3) is 69.3 Å². The van der Waals surface area contributed by atoms with Crippen molar-refractivity contribution in [3.8, 4) is 19.5 Å². The molecule has 8 aromatic rings. The van der Waals surface area contributed by atoms with Gasteiger partial charge in [0.15, 0.2) is 11.6 Å². The third-order valence-electron chi connectivity index (χ3n) is 6.23. The number of hydrogen-bond donors (Lipinski definition) is 0. The van der Waals surface area contributed by atoms with E-state index in [1.54, 1.807) is 33.4 Å².